The number of aryl methyl sites for hydroxylation is 1. The number of nitrogens with one attached hydrogen (secondary N) is 2. The largest absolute Gasteiger partial charge is 0.478 e. The minimum Gasteiger partial charge on any atom is -0.478 e. The van der Waals surface area contributed by atoms with Crippen LogP contribution in [0, 0.1) is 18.8 Å². The van der Waals surface area contributed by atoms with Gasteiger partial charge in [-0.15, -0.1) is 0 Å². The molecule has 2 aromatic rings. The van der Waals surface area contributed by atoms with Crippen LogP contribution >= 0.6 is 11.6 Å². The molecule has 2 rings (SSSR count). The molecular formula is C18H15ClN2O3. The molecule has 122 valence electrons. The summed E-state index contributed by atoms with van der Waals surface area (Å²) in [7, 11) is 0. The van der Waals surface area contributed by atoms with Crippen LogP contribution in [0.4, 0.5) is 10.5 Å². The number of carbonyl (C=O) groups is 2. The van der Waals surface area contributed by atoms with E-state index in [9.17, 15) is 9.59 Å². The highest BCUT2D eigenvalue weighted by molar-refractivity contribution is 6.30. The van der Waals surface area contributed by atoms with Gasteiger partial charge in [0.05, 0.1) is 12.1 Å². The van der Waals surface area contributed by atoms with Crippen molar-refractivity contribution in [2.75, 3.05) is 11.9 Å². The second-order valence-electron chi connectivity index (χ2n) is 4.95. The highest BCUT2D eigenvalue weighted by Crippen LogP contribution is 2.13. The smallest absolute Gasteiger partial charge is 0.335 e. The maximum atomic E-state index is 11.7. The van der Waals surface area contributed by atoms with Crippen molar-refractivity contribution < 1.29 is 14.7 Å². The number of carboxylic acid groups (broad SMARTS) is 1. The molecule has 0 atom stereocenters. The summed E-state index contributed by atoms with van der Waals surface area (Å²) in [5.41, 5.74) is 2.21. The summed E-state index contributed by atoms with van der Waals surface area (Å²) in [5, 5.41) is 14.8. The molecule has 5 nitrogen and oxygen atoms in total. The predicted molar refractivity (Wildman–Crippen MR) is 93.5 cm³/mol. The van der Waals surface area contributed by atoms with Gasteiger partial charge in [0.2, 0.25) is 0 Å². The first-order valence-corrected chi connectivity index (χ1v) is 7.47. The molecule has 0 aliphatic carbocycles. The van der Waals surface area contributed by atoms with Gasteiger partial charge in [0.15, 0.2) is 0 Å². The Hall–Kier alpha value is -2.97. The van der Waals surface area contributed by atoms with E-state index in [1.807, 2.05) is 0 Å². The third kappa shape index (κ3) is 5.04. The summed E-state index contributed by atoms with van der Waals surface area (Å²) >= 11 is 5.77. The van der Waals surface area contributed by atoms with Crippen molar-refractivity contribution in [2.24, 2.45) is 0 Å². The minimum absolute atomic E-state index is 0.166. The fourth-order valence-electron chi connectivity index (χ4n) is 1.96. The van der Waals surface area contributed by atoms with E-state index in [0.717, 1.165) is 0 Å². The first-order chi connectivity index (χ1) is 11.5. The van der Waals surface area contributed by atoms with Crippen LogP contribution < -0.4 is 10.6 Å². The average molecular weight is 343 g/mol. The maximum absolute atomic E-state index is 11.7. The molecule has 6 heteroatoms. The fourth-order valence-corrected chi connectivity index (χ4v) is 2.09. The van der Waals surface area contributed by atoms with Crippen molar-refractivity contribution in [1.82, 2.24) is 5.32 Å². The minimum atomic E-state index is -0.965. The quantitative estimate of drug-likeness (QED) is 0.747. The van der Waals surface area contributed by atoms with Crippen LogP contribution in [-0.2, 0) is 0 Å². The van der Waals surface area contributed by atoms with Crippen LogP contribution in [0.15, 0.2) is 42.5 Å². The number of carboxylic acids is 1. The number of hydrogen-bond donors (Lipinski definition) is 3. The Labute approximate surface area is 144 Å². The predicted octanol–water partition coefficient (Wildman–Crippen LogP) is 3.52. The van der Waals surface area contributed by atoms with Crippen molar-refractivity contribution in [1.29, 1.82) is 0 Å². The molecule has 0 saturated carbocycles. The van der Waals surface area contributed by atoms with E-state index >= 15 is 0 Å². The summed E-state index contributed by atoms with van der Waals surface area (Å²) in [6.07, 6.45) is 0. The van der Waals surface area contributed by atoms with Gasteiger partial charge in [-0.05, 0) is 55.0 Å². The van der Waals surface area contributed by atoms with Gasteiger partial charge >= 0.3 is 12.0 Å². The summed E-state index contributed by atoms with van der Waals surface area (Å²) in [5.74, 6) is 4.72. The Morgan fingerprint density at radius 2 is 1.88 bits per heavy atom. The van der Waals surface area contributed by atoms with Gasteiger partial charge in [-0.1, -0.05) is 23.4 Å². The van der Waals surface area contributed by atoms with Crippen molar-refractivity contribution in [3.05, 3.63) is 64.2 Å². The lowest BCUT2D eigenvalue weighted by atomic mass is 10.1. The van der Waals surface area contributed by atoms with Crippen LogP contribution in [0.2, 0.25) is 5.02 Å². The number of rotatable bonds is 3. The summed E-state index contributed by atoms with van der Waals surface area (Å²) < 4.78 is 0. The van der Waals surface area contributed by atoms with E-state index in [2.05, 4.69) is 22.5 Å². The molecule has 3 N–H and O–H groups in total. The van der Waals surface area contributed by atoms with Gasteiger partial charge in [0.1, 0.15) is 0 Å². The highest BCUT2D eigenvalue weighted by atomic mass is 35.5. The number of urea groups is 1. The Morgan fingerprint density at radius 3 is 2.50 bits per heavy atom. The summed E-state index contributed by atoms with van der Waals surface area (Å²) in [6, 6.07) is 11.2. The van der Waals surface area contributed by atoms with E-state index in [-0.39, 0.29) is 18.1 Å². The molecule has 0 aliphatic heterocycles. The lowest BCUT2D eigenvalue weighted by molar-refractivity contribution is 0.0696. The van der Waals surface area contributed by atoms with Gasteiger partial charge in [0.25, 0.3) is 0 Å². The van der Waals surface area contributed by atoms with Gasteiger partial charge in [0, 0.05) is 16.3 Å². The molecular weight excluding hydrogens is 328 g/mol. The molecule has 0 saturated heterocycles. The number of hydrogen-bond acceptors (Lipinski definition) is 2. The summed E-state index contributed by atoms with van der Waals surface area (Å²) in [6.45, 7) is 1.88. The second-order valence-corrected chi connectivity index (χ2v) is 5.39. The number of anilines is 1. The third-order valence-corrected chi connectivity index (χ3v) is 3.38. The normalized spacial score (nSPS) is 9.58. The Bertz CT molecular complexity index is 820. The molecule has 0 heterocycles. The van der Waals surface area contributed by atoms with E-state index in [0.29, 0.717) is 21.8 Å². The number of carbonyl (C=O) groups excluding carboxylic acids is 1. The SMILES string of the molecule is Cc1cc(C#CCNC(=O)Nc2ccc(Cl)cc2)ccc1C(=O)O. The number of benzene rings is 2. The lowest BCUT2D eigenvalue weighted by Crippen LogP contribution is -2.28. The van der Waals surface area contributed by atoms with E-state index < -0.39 is 5.97 Å². The Balaban J connectivity index is 1.87. The van der Waals surface area contributed by atoms with Crippen LogP contribution in [0.3, 0.4) is 0 Å². The lowest BCUT2D eigenvalue weighted by Gasteiger charge is -2.05. The zero-order valence-electron chi connectivity index (χ0n) is 12.9. The molecule has 0 unspecified atom stereocenters. The molecule has 0 fully saturated rings. The first-order valence-electron chi connectivity index (χ1n) is 7.09. The molecule has 0 bridgehead atoms. The molecule has 24 heavy (non-hydrogen) atoms. The molecule has 0 aromatic heterocycles. The van der Waals surface area contributed by atoms with Gasteiger partial charge in [-0.2, -0.15) is 0 Å². The Morgan fingerprint density at radius 1 is 1.17 bits per heavy atom. The average Bonchev–Trinajstić information content (AvgIpc) is 2.53. The van der Waals surface area contributed by atoms with Gasteiger partial charge < -0.3 is 15.7 Å². The highest BCUT2D eigenvalue weighted by Gasteiger charge is 2.06. The van der Waals surface area contributed by atoms with Crippen molar-refractivity contribution in [2.45, 2.75) is 6.92 Å². The molecule has 0 aliphatic rings. The van der Waals surface area contributed by atoms with E-state index in [1.165, 1.54) is 6.07 Å². The second kappa shape index (κ2) is 8.04. The van der Waals surface area contributed by atoms with Crippen LogP contribution in [0.1, 0.15) is 21.5 Å². The third-order valence-electron chi connectivity index (χ3n) is 3.13. The fraction of sp³-hybridized carbons (Fsp3) is 0.111. The standard InChI is InChI=1S/C18H15ClN2O3/c1-12-11-13(4-9-16(12)17(22)23)3-2-10-20-18(24)21-15-7-5-14(19)6-8-15/h4-9,11H,10H2,1H3,(H,22,23)(H2,20,21,24). The van der Waals surface area contributed by atoms with Gasteiger partial charge in [-0.3, -0.25) is 0 Å². The van der Waals surface area contributed by atoms with E-state index in [4.69, 9.17) is 16.7 Å². The molecule has 2 aromatic carbocycles. The number of amides is 2. The van der Waals surface area contributed by atoms with Crippen LogP contribution in [0.5, 0.6) is 0 Å². The van der Waals surface area contributed by atoms with Crippen molar-refractivity contribution in [3.8, 4) is 11.8 Å². The number of halogens is 1. The number of aromatic carboxylic acids is 1. The molecule has 2 amide bonds. The zero-order chi connectivity index (χ0) is 17.5. The van der Waals surface area contributed by atoms with Crippen LogP contribution in [0.25, 0.3) is 0 Å². The molecule has 0 radical (unpaired) electrons. The maximum Gasteiger partial charge on any atom is 0.335 e. The topological polar surface area (TPSA) is 78.4 Å². The first kappa shape index (κ1) is 17.4. The van der Waals surface area contributed by atoms with Crippen LogP contribution in [-0.4, -0.2) is 23.7 Å². The molecule has 0 spiro atoms. The van der Waals surface area contributed by atoms with E-state index in [1.54, 1.807) is 43.3 Å². The van der Waals surface area contributed by atoms with Crippen molar-refractivity contribution in [3.63, 3.8) is 0 Å². The summed E-state index contributed by atoms with van der Waals surface area (Å²) in [4.78, 5) is 22.6. The Kier molecular flexibility index (Phi) is 5.83. The zero-order valence-corrected chi connectivity index (χ0v) is 13.6. The van der Waals surface area contributed by atoms with Gasteiger partial charge in [-0.25, -0.2) is 9.59 Å². The van der Waals surface area contributed by atoms with Crippen molar-refractivity contribution >= 4 is 29.3 Å². The monoisotopic (exact) mass is 342 g/mol.